The summed E-state index contributed by atoms with van der Waals surface area (Å²) in [4.78, 5) is 32.5. The lowest BCUT2D eigenvalue weighted by molar-refractivity contribution is -0.110. The molecular formula is C29H29N5O2S. The van der Waals surface area contributed by atoms with Gasteiger partial charge >= 0.3 is 0 Å². The third kappa shape index (κ3) is 5.21. The Hall–Kier alpha value is -4.14. The number of hydrogen-bond donors (Lipinski definition) is 4. The van der Waals surface area contributed by atoms with Crippen LogP contribution < -0.4 is 16.4 Å². The van der Waals surface area contributed by atoms with E-state index in [0.717, 1.165) is 38.9 Å². The van der Waals surface area contributed by atoms with Crippen molar-refractivity contribution in [2.24, 2.45) is 10.7 Å². The van der Waals surface area contributed by atoms with Gasteiger partial charge in [-0.1, -0.05) is 49.0 Å². The number of nitrogens with one attached hydrogen (secondary N) is 3. The molecule has 0 unspecified atom stereocenters. The molecule has 5 N–H and O–H groups in total. The average Bonchev–Trinajstić information content (AvgIpc) is 3.33. The number of nitrogens with two attached hydrogens (primary N) is 1. The van der Waals surface area contributed by atoms with E-state index in [1.54, 1.807) is 12.3 Å². The molecule has 0 saturated heterocycles. The maximum atomic E-state index is 12.7. The Morgan fingerprint density at radius 2 is 1.84 bits per heavy atom. The number of fused-ring (bicyclic) bond motifs is 1. The van der Waals surface area contributed by atoms with Crippen LogP contribution in [0.1, 0.15) is 21.5 Å². The van der Waals surface area contributed by atoms with Crippen molar-refractivity contribution in [1.29, 1.82) is 0 Å². The first-order chi connectivity index (χ1) is 17.9. The number of H-pyrrole nitrogens is 1. The Morgan fingerprint density at radius 1 is 1.08 bits per heavy atom. The topological polar surface area (TPSA) is 112 Å². The average molecular weight is 512 g/mol. The van der Waals surface area contributed by atoms with Crippen LogP contribution in [0, 0.1) is 6.92 Å². The van der Waals surface area contributed by atoms with Crippen molar-refractivity contribution in [1.82, 2.24) is 10.3 Å². The molecule has 188 valence electrons. The predicted octanol–water partition coefficient (Wildman–Crippen LogP) is 5.47. The molecule has 3 aromatic carbocycles. The van der Waals surface area contributed by atoms with Crippen LogP contribution in [-0.4, -0.2) is 35.1 Å². The first-order valence-electron chi connectivity index (χ1n) is 11.7. The number of hydrogen-bond acceptors (Lipinski definition) is 5. The number of carbonyl (C=O) groups excluding carboxylic acids is 2. The lowest BCUT2D eigenvalue weighted by Gasteiger charge is -2.14. The highest BCUT2D eigenvalue weighted by atomic mass is 32.2. The van der Waals surface area contributed by atoms with Gasteiger partial charge in [-0.2, -0.15) is 0 Å². The van der Waals surface area contributed by atoms with Gasteiger partial charge in [-0.05, 0) is 60.7 Å². The van der Waals surface area contributed by atoms with E-state index in [2.05, 4.69) is 45.4 Å². The van der Waals surface area contributed by atoms with E-state index in [-0.39, 0.29) is 5.91 Å². The lowest BCUT2D eigenvalue weighted by atomic mass is 9.94. The van der Waals surface area contributed by atoms with Crippen molar-refractivity contribution in [2.45, 2.75) is 13.5 Å². The second kappa shape index (κ2) is 11.3. The van der Waals surface area contributed by atoms with E-state index in [1.165, 1.54) is 18.0 Å². The van der Waals surface area contributed by atoms with Gasteiger partial charge in [0.25, 0.3) is 11.8 Å². The van der Waals surface area contributed by atoms with Gasteiger partial charge in [0.2, 0.25) is 0 Å². The number of anilines is 1. The maximum absolute atomic E-state index is 12.7. The van der Waals surface area contributed by atoms with Gasteiger partial charge < -0.3 is 21.4 Å². The zero-order valence-electron chi connectivity index (χ0n) is 21.0. The number of primary amides is 1. The van der Waals surface area contributed by atoms with E-state index >= 15 is 0 Å². The highest BCUT2D eigenvalue weighted by molar-refractivity contribution is 8.15. The summed E-state index contributed by atoms with van der Waals surface area (Å²) in [6, 6.07) is 19.6. The lowest BCUT2D eigenvalue weighted by Crippen LogP contribution is -2.20. The molecule has 2 amide bonds. The van der Waals surface area contributed by atoms with E-state index in [1.807, 2.05) is 50.4 Å². The molecule has 0 aliphatic rings. The van der Waals surface area contributed by atoms with E-state index in [4.69, 9.17) is 5.73 Å². The Labute approximate surface area is 220 Å². The molecule has 0 fully saturated rings. The zero-order valence-corrected chi connectivity index (χ0v) is 21.8. The van der Waals surface area contributed by atoms with Gasteiger partial charge in [0.05, 0.1) is 11.1 Å². The summed E-state index contributed by atoms with van der Waals surface area (Å²) in [5.41, 5.74) is 13.3. The predicted molar refractivity (Wildman–Crippen MR) is 155 cm³/mol. The molecule has 37 heavy (non-hydrogen) atoms. The van der Waals surface area contributed by atoms with E-state index in [0.29, 0.717) is 28.4 Å². The Bertz CT molecular complexity index is 1540. The van der Waals surface area contributed by atoms with Crippen LogP contribution in [0.2, 0.25) is 0 Å². The standard InChI is InChI=1S/C29H29N5O2S/c1-5-32-29(37-4)28(36)34-24-12-8-11-19(17(24)2)21-13-14-22(27(30)35)26-23(21)15-25(33-26)20-10-7-6-9-18(20)16-31-3/h5-15,31,33H,1,16H2,2-4H3,(H2,30,35)(H,34,36)/b32-29-. The second-order valence-corrected chi connectivity index (χ2v) is 9.23. The van der Waals surface area contributed by atoms with Gasteiger partial charge in [-0.15, -0.1) is 11.8 Å². The highest BCUT2D eigenvalue weighted by Crippen LogP contribution is 2.38. The first-order valence-corrected chi connectivity index (χ1v) is 12.9. The quantitative estimate of drug-likeness (QED) is 0.195. The largest absolute Gasteiger partial charge is 0.366 e. The third-order valence-electron chi connectivity index (χ3n) is 6.20. The minimum absolute atomic E-state index is 0.299. The SMILES string of the molecule is C=C/N=C(\SC)C(=O)Nc1cccc(-c2ccc(C(N)=O)c3[nH]c(-c4ccccc4CNC)cc23)c1C. The summed E-state index contributed by atoms with van der Waals surface area (Å²) in [6.07, 6.45) is 3.14. The molecule has 1 heterocycles. The number of carbonyl (C=O) groups is 2. The molecular weight excluding hydrogens is 482 g/mol. The molecule has 0 atom stereocenters. The second-order valence-electron chi connectivity index (χ2n) is 8.44. The van der Waals surface area contributed by atoms with Crippen LogP contribution >= 0.6 is 11.8 Å². The molecule has 4 aromatic rings. The summed E-state index contributed by atoms with van der Waals surface area (Å²) in [5, 5.41) is 7.36. The molecule has 0 saturated carbocycles. The van der Waals surface area contributed by atoms with E-state index < -0.39 is 5.91 Å². The number of aromatic amines is 1. The van der Waals surface area contributed by atoms with Gasteiger partial charge in [0, 0.05) is 35.1 Å². The van der Waals surface area contributed by atoms with Crippen LogP contribution in [0.15, 0.2) is 78.4 Å². The Kier molecular flexibility index (Phi) is 7.91. The zero-order chi connectivity index (χ0) is 26.5. The normalized spacial score (nSPS) is 11.5. The molecule has 0 aliphatic carbocycles. The van der Waals surface area contributed by atoms with Crippen LogP contribution in [0.4, 0.5) is 5.69 Å². The third-order valence-corrected chi connectivity index (χ3v) is 6.88. The monoisotopic (exact) mass is 511 g/mol. The Morgan fingerprint density at radius 3 is 2.54 bits per heavy atom. The number of rotatable bonds is 7. The van der Waals surface area contributed by atoms with Crippen LogP contribution in [-0.2, 0) is 11.3 Å². The van der Waals surface area contributed by atoms with Crippen molar-refractivity contribution in [3.63, 3.8) is 0 Å². The summed E-state index contributed by atoms with van der Waals surface area (Å²) >= 11 is 1.25. The molecule has 8 heteroatoms. The summed E-state index contributed by atoms with van der Waals surface area (Å²) in [5.74, 6) is -0.802. The number of aromatic nitrogens is 1. The Balaban J connectivity index is 1.87. The number of benzene rings is 3. The van der Waals surface area contributed by atoms with Gasteiger partial charge in [0.1, 0.15) is 0 Å². The van der Waals surface area contributed by atoms with Crippen molar-refractivity contribution in [3.05, 3.63) is 90.1 Å². The first kappa shape index (κ1) is 25.9. The molecule has 0 radical (unpaired) electrons. The molecule has 0 spiro atoms. The number of aliphatic imine (C=N–C) groups is 1. The molecule has 0 aliphatic heterocycles. The van der Waals surface area contributed by atoms with Gasteiger partial charge in [-0.25, -0.2) is 4.99 Å². The minimum atomic E-state index is -0.503. The van der Waals surface area contributed by atoms with E-state index in [9.17, 15) is 9.59 Å². The van der Waals surface area contributed by atoms with Crippen LogP contribution in [0.5, 0.6) is 0 Å². The van der Waals surface area contributed by atoms with Crippen molar-refractivity contribution < 1.29 is 9.59 Å². The number of amides is 2. The van der Waals surface area contributed by atoms with Crippen molar-refractivity contribution in [2.75, 3.05) is 18.6 Å². The summed E-state index contributed by atoms with van der Waals surface area (Å²) < 4.78 is 0. The highest BCUT2D eigenvalue weighted by Gasteiger charge is 2.19. The van der Waals surface area contributed by atoms with Crippen molar-refractivity contribution >= 4 is 45.2 Å². The summed E-state index contributed by atoms with van der Waals surface area (Å²) in [7, 11) is 1.91. The molecule has 1 aromatic heterocycles. The maximum Gasteiger partial charge on any atom is 0.280 e. The minimum Gasteiger partial charge on any atom is -0.366 e. The number of thioether (sulfide) groups is 1. The van der Waals surface area contributed by atoms with Crippen LogP contribution in [0.3, 0.4) is 0 Å². The molecule has 0 bridgehead atoms. The smallest absolute Gasteiger partial charge is 0.280 e. The number of nitrogens with zero attached hydrogens (tertiary/aromatic N) is 1. The van der Waals surface area contributed by atoms with Crippen molar-refractivity contribution in [3.8, 4) is 22.4 Å². The fourth-order valence-electron chi connectivity index (χ4n) is 4.46. The van der Waals surface area contributed by atoms with Crippen LogP contribution in [0.25, 0.3) is 33.3 Å². The fraction of sp³-hybridized carbons (Fsp3) is 0.138. The fourth-order valence-corrected chi connectivity index (χ4v) is 4.87. The molecule has 7 nitrogen and oxygen atoms in total. The van der Waals surface area contributed by atoms with Gasteiger partial charge in [-0.3, -0.25) is 9.59 Å². The van der Waals surface area contributed by atoms with Gasteiger partial charge in [0.15, 0.2) is 5.04 Å². The molecule has 4 rings (SSSR count). The summed E-state index contributed by atoms with van der Waals surface area (Å²) in [6.45, 7) is 6.24.